The van der Waals surface area contributed by atoms with Crippen LogP contribution in [0.3, 0.4) is 0 Å². The standard InChI is InChI=1S/C23H23N5O/c1-14-8-4-5-9-15(14)24-21-20-18(12-23(2,3)13-19(20)29)28(27-21)22-25-16-10-6-7-11-17(16)26-22/h4-11H,12-13H2,1-3H3,(H,24,27)(H,25,26). The lowest BCUT2D eigenvalue weighted by atomic mass is 9.76. The second-order valence-electron chi connectivity index (χ2n) is 8.54. The highest BCUT2D eigenvalue weighted by molar-refractivity contribution is 6.03. The van der Waals surface area contributed by atoms with Gasteiger partial charge in [-0.3, -0.25) is 4.79 Å². The fraction of sp³-hybridized carbons (Fsp3) is 0.261. The first-order valence-corrected chi connectivity index (χ1v) is 9.84. The van der Waals surface area contributed by atoms with Gasteiger partial charge in [-0.25, -0.2) is 9.67 Å². The molecule has 0 saturated carbocycles. The summed E-state index contributed by atoms with van der Waals surface area (Å²) in [4.78, 5) is 21.1. The monoisotopic (exact) mass is 385 g/mol. The quantitative estimate of drug-likeness (QED) is 0.523. The predicted octanol–water partition coefficient (Wildman–Crippen LogP) is 4.96. The number of H-pyrrole nitrogens is 1. The molecule has 2 aromatic heterocycles. The van der Waals surface area contributed by atoms with E-state index in [-0.39, 0.29) is 11.2 Å². The fourth-order valence-corrected chi connectivity index (χ4v) is 4.09. The van der Waals surface area contributed by atoms with Crippen molar-refractivity contribution in [1.82, 2.24) is 19.7 Å². The normalized spacial score (nSPS) is 15.5. The molecule has 0 atom stereocenters. The lowest BCUT2D eigenvalue weighted by molar-refractivity contribution is 0.0911. The zero-order valence-electron chi connectivity index (χ0n) is 16.8. The summed E-state index contributed by atoms with van der Waals surface area (Å²) in [5, 5.41) is 8.19. The van der Waals surface area contributed by atoms with Gasteiger partial charge in [0, 0.05) is 12.1 Å². The Hall–Kier alpha value is -3.41. The first-order chi connectivity index (χ1) is 13.9. The minimum absolute atomic E-state index is 0.117. The van der Waals surface area contributed by atoms with Gasteiger partial charge in [-0.2, -0.15) is 0 Å². The van der Waals surface area contributed by atoms with Gasteiger partial charge in [0.25, 0.3) is 0 Å². The Morgan fingerprint density at radius 1 is 1.07 bits per heavy atom. The molecule has 0 radical (unpaired) electrons. The first kappa shape index (κ1) is 17.7. The molecule has 146 valence electrons. The number of hydrogen-bond donors (Lipinski definition) is 2. The van der Waals surface area contributed by atoms with E-state index in [1.54, 1.807) is 4.68 Å². The van der Waals surface area contributed by atoms with E-state index in [2.05, 4.69) is 24.1 Å². The Labute approximate surface area is 169 Å². The number of carbonyl (C=O) groups excluding carboxylic acids is 1. The van der Waals surface area contributed by atoms with Crippen molar-refractivity contribution in [3.63, 3.8) is 0 Å². The molecule has 0 fully saturated rings. The number of nitrogens with zero attached hydrogens (tertiary/aromatic N) is 3. The van der Waals surface area contributed by atoms with Crippen molar-refractivity contribution in [2.24, 2.45) is 5.41 Å². The molecule has 5 rings (SSSR count). The molecule has 0 unspecified atom stereocenters. The summed E-state index contributed by atoms with van der Waals surface area (Å²) in [6.45, 7) is 6.28. The molecule has 0 amide bonds. The van der Waals surface area contributed by atoms with Gasteiger partial charge < -0.3 is 10.3 Å². The smallest absolute Gasteiger partial charge is 0.229 e. The van der Waals surface area contributed by atoms with E-state index in [9.17, 15) is 4.79 Å². The second kappa shape index (κ2) is 6.30. The number of ketones is 1. The number of hydrogen-bond acceptors (Lipinski definition) is 4. The van der Waals surface area contributed by atoms with Gasteiger partial charge in [0.1, 0.15) is 0 Å². The number of aromatic amines is 1. The van der Waals surface area contributed by atoms with E-state index >= 15 is 0 Å². The zero-order valence-corrected chi connectivity index (χ0v) is 16.8. The number of nitrogens with one attached hydrogen (secondary N) is 2. The average molecular weight is 385 g/mol. The van der Waals surface area contributed by atoms with Gasteiger partial charge >= 0.3 is 0 Å². The van der Waals surface area contributed by atoms with E-state index in [4.69, 9.17) is 10.1 Å². The molecule has 29 heavy (non-hydrogen) atoms. The van der Waals surface area contributed by atoms with Crippen molar-refractivity contribution in [2.75, 3.05) is 5.32 Å². The maximum Gasteiger partial charge on any atom is 0.229 e. The number of rotatable bonds is 3. The van der Waals surface area contributed by atoms with Gasteiger partial charge in [-0.1, -0.05) is 44.2 Å². The van der Waals surface area contributed by atoms with Crippen LogP contribution in [-0.4, -0.2) is 25.5 Å². The molecule has 1 aliphatic carbocycles. The van der Waals surface area contributed by atoms with Crippen LogP contribution in [0.2, 0.25) is 0 Å². The predicted molar refractivity (Wildman–Crippen MR) is 114 cm³/mol. The molecular formula is C23H23N5O. The maximum absolute atomic E-state index is 13.1. The number of imidazole rings is 1. The molecule has 0 aliphatic heterocycles. The van der Waals surface area contributed by atoms with Crippen molar-refractivity contribution >= 4 is 28.3 Å². The highest BCUT2D eigenvalue weighted by Crippen LogP contribution is 2.39. The summed E-state index contributed by atoms with van der Waals surface area (Å²) in [6, 6.07) is 15.9. The molecule has 6 nitrogen and oxygen atoms in total. The third-order valence-electron chi connectivity index (χ3n) is 5.52. The fourth-order valence-electron chi connectivity index (χ4n) is 4.09. The van der Waals surface area contributed by atoms with E-state index < -0.39 is 0 Å². The van der Waals surface area contributed by atoms with E-state index in [1.807, 2.05) is 55.5 Å². The summed E-state index contributed by atoms with van der Waals surface area (Å²) < 4.78 is 1.80. The van der Waals surface area contributed by atoms with Crippen molar-refractivity contribution in [3.8, 4) is 5.95 Å². The number of aromatic nitrogens is 4. The van der Waals surface area contributed by atoms with Gasteiger partial charge in [0.05, 0.1) is 22.3 Å². The van der Waals surface area contributed by atoms with Gasteiger partial charge in [-0.05, 0) is 42.5 Å². The summed E-state index contributed by atoms with van der Waals surface area (Å²) in [5.41, 5.74) is 5.33. The Kier molecular flexibility index (Phi) is 3.84. The Morgan fingerprint density at radius 2 is 1.83 bits per heavy atom. The van der Waals surface area contributed by atoms with Crippen molar-refractivity contribution in [3.05, 3.63) is 65.4 Å². The molecule has 0 saturated heterocycles. The maximum atomic E-state index is 13.1. The largest absolute Gasteiger partial charge is 0.338 e. The number of para-hydroxylation sites is 3. The van der Waals surface area contributed by atoms with Gasteiger partial charge in [0.15, 0.2) is 11.6 Å². The number of anilines is 2. The minimum atomic E-state index is -0.117. The van der Waals surface area contributed by atoms with Gasteiger partial charge in [-0.15, -0.1) is 5.10 Å². The van der Waals surface area contributed by atoms with Crippen LogP contribution >= 0.6 is 0 Å². The third kappa shape index (κ3) is 3.01. The van der Waals surface area contributed by atoms with Crippen molar-refractivity contribution < 1.29 is 4.79 Å². The molecule has 2 aromatic carbocycles. The number of carbonyl (C=O) groups is 1. The number of fused-ring (bicyclic) bond motifs is 2. The number of Topliss-reactive ketones (excluding diaryl/α,β-unsaturated/α-hetero) is 1. The average Bonchev–Trinajstić information content (AvgIpc) is 3.24. The Morgan fingerprint density at radius 3 is 2.62 bits per heavy atom. The van der Waals surface area contributed by atoms with E-state index in [0.29, 0.717) is 23.8 Å². The SMILES string of the molecule is Cc1ccccc1Nc1nn(-c2nc3ccccc3[nH]2)c2c1C(=O)CC(C)(C)C2. The van der Waals surface area contributed by atoms with Crippen molar-refractivity contribution in [2.45, 2.75) is 33.6 Å². The Balaban J connectivity index is 1.69. The van der Waals surface area contributed by atoms with Crippen LogP contribution in [0, 0.1) is 12.3 Å². The van der Waals surface area contributed by atoms with E-state index in [0.717, 1.165) is 34.4 Å². The van der Waals surface area contributed by atoms with Crippen LogP contribution < -0.4 is 5.32 Å². The molecule has 0 spiro atoms. The van der Waals surface area contributed by atoms with Crippen LogP contribution in [0.25, 0.3) is 17.0 Å². The zero-order chi connectivity index (χ0) is 20.2. The van der Waals surface area contributed by atoms with Crippen LogP contribution in [0.4, 0.5) is 11.5 Å². The van der Waals surface area contributed by atoms with Gasteiger partial charge in [0.2, 0.25) is 5.95 Å². The topological polar surface area (TPSA) is 75.6 Å². The number of aryl methyl sites for hydroxylation is 1. The molecule has 4 aromatic rings. The van der Waals surface area contributed by atoms with Crippen molar-refractivity contribution in [1.29, 1.82) is 0 Å². The number of benzene rings is 2. The lowest BCUT2D eigenvalue weighted by Gasteiger charge is -2.28. The minimum Gasteiger partial charge on any atom is -0.338 e. The molecule has 2 heterocycles. The van der Waals surface area contributed by atoms with Crippen LogP contribution in [-0.2, 0) is 6.42 Å². The van der Waals surface area contributed by atoms with E-state index in [1.165, 1.54) is 0 Å². The van der Waals surface area contributed by atoms with Crippen LogP contribution in [0.1, 0.15) is 41.9 Å². The molecule has 0 bridgehead atoms. The second-order valence-corrected chi connectivity index (χ2v) is 8.54. The molecular weight excluding hydrogens is 362 g/mol. The Bertz CT molecular complexity index is 1210. The summed E-state index contributed by atoms with van der Waals surface area (Å²) in [5.74, 6) is 1.34. The first-order valence-electron chi connectivity index (χ1n) is 9.84. The summed E-state index contributed by atoms with van der Waals surface area (Å²) >= 11 is 0. The summed E-state index contributed by atoms with van der Waals surface area (Å²) in [6.07, 6.45) is 1.27. The highest BCUT2D eigenvalue weighted by Gasteiger charge is 2.37. The third-order valence-corrected chi connectivity index (χ3v) is 5.52. The van der Waals surface area contributed by atoms with Crippen LogP contribution in [0.5, 0.6) is 0 Å². The molecule has 1 aliphatic rings. The molecule has 6 heteroatoms. The lowest BCUT2D eigenvalue weighted by Crippen LogP contribution is -2.28. The highest BCUT2D eigenvalue weighted by atomic mass is 16.1. The van der Waals surface area contributed by atoms with Crippen LogP contribution in [0.15, 0.2) is 48.5 Å². The molecule has 2 N–H and O–H groups in total. The summed E-state index contributed by atoms with van der Waals surface area (Å²) in [7, 11) is 0.